The van der Waals surface area contributed by atoms with Crippen molar-refractivity contribution in [3.63, 3.8) is 0 Å². The Morgan fingerprint density at radius 2 is 1.76 bits per heavy atom. The van der Waals surface area contributed by atoms with Gasteiger partial charge in [-0.05, 0) is 56.8 Å². The van der Waals surface area contributed by atoms with Crippen LogP contribution in [0.2, 0.25) is 0 Å². The summed E-state index contributed by atoms with van der Waals surface area (Å²) in [5.74, 6) is 0.574. The highest BCUT2D eigenvalue weighted by atomic mass is 16.3. The lowest BCUT2D eigenvalue weighted by Gasteiger charge is -2.56. The number of aliphatic hydroxyl groups is 2. The molecule has 0 aromatic carbocycles. The Morgan fingerprint density at radius 3 is 2.29 bits per heavy atom. The smallest absolute Gasteiger partial charge is 0.252 e. The lowest BCUT2D eigenvalue weighted by Crippen LogP contribution is -2.65. The minimum atomic E-state index is -0.780. The molecule has 1 amide bonds. The Labute approximate surface area is 127 Å². The highest BCUT2D eigenvalue weighted by Crippen LogP contribution is 2.45. The first-order valence-electron chi connectivity index (χ1n) is 8.77. The van der Waals surface area contributed by atoms with Crippen molar-refractivity contribution in [1.29, 1.82) is 0 Å². The van der Waals surface area contributed by atoms with E-state index in [1.807, 2.05) is 4.90 Å². The Kier molecular flexibility index (Phi) is 4.55. The number of aliphatic hydroxyl groups excluding tert-OH is 2. The van der Waals surface area contributed by atoms with Crippen molar-refractivity contribution in [2.75, 3.05) is 13.2 Å². The molecule has 3 fully saturated rings. The minimum Gasteiger partial charge on any atom is -0.396 e. The van der Waals surface area contributed by atoms with Crippen LogP contribution in [0.5, 0.6) is 0 Å². The zero-order valence-corrected chi connectivity index (χ0v) is 13.0. The van der Waals surface area contributed by atoms with Gasteiger partial charge >= 0.3 is 0 Å². The van der Waals surface area contributed by atoms with Crippen LogP contribution in [-0.2, 0) is 4.79 Å². The van der Waals surface area contributed by atoms with E-state index in [1.54, 1.807) is 0 Å². The van der Waals surface area contributed by atoms with E-state index in [-0.39, 0.29) is 24.0 Å². The average Bonchev–Trinajstić information content (AvgIpc) is 2.54. The summed E-state index contributed by atoms with van der Waals surface area (Å²) < 4.78 is 0. The highest BCUT2D eigenvalue weighted by molar-refractivity contribution is 5.82. The van der Waals surface area contributed by atoms with Crippen LogP contribution in [0.4, 0.5) is 0 Å². The van der Waals surface area contributed by atoms with Crippen molar-refractivity contribution in [2.24, 2.45) is 11.8 Å². The zero-order valence-electron chi connectivity index (χ0n) is 13.0. The van der Waals surface area contributed by atoms with Gasteiger partial charge in [0.15, 0.2) is 0 Å². The summed E-state index contributed by atoms with van der Waals surface area (Å²) in [5, 5.41) is 19.7. The largest absolute Gasteiger partial charge is 0.396 e. The number of likely N-dealkylation sites (tertiary alicyclic amines) is 1. The van der Waals surface area contributed by atoms with Gasteiger partial charge in [0.2, 0.25) is 0 Å². The number of hydrogen-bond acceptors (Lipinski definition) is 3. The fourth-order valence-electron chi connectivity index (χ4n) is 4.61. The molecule has 1 heterocycles. The van der Waals surface area contributed by atoms with Crippen molar-refractivity contribution in [3.8, 4) is 0 Å². The average molecular weight is 295 g/mol. The molecule has 1 aliphatic heterocycles. The Bertz CT molecular complexity index is 370. The van der Waals surface area contributed by atoms with Crippen LogP contribution < -0.4 is 0 Å². The van der Waals surface area contributed by atoms with E-state index in [0.717, 1.165) is 64.3 Å². The third-order valence-electron chi connectivity index (χ3n) is 6.28. The number of hydrogen-bond donors (Lipinski definition) is 2. The number of carbonyl (C=O) groups excluding carboxylic acids is 1. The van der Waals surface area contributed by atoms with Crippen LogP contribution in [0.3, 0.4) is 0 Å². The maximum absolute atomic E-state index is 12.7. The first-order valence-corrected chi connectivity index (χ1v) is 8.77. The van der Waals surface area contributed by atoms with Crippen molar-refractivity contribution < 1.29 is 15.0 Å². The summed E-state index contributed by atoms with van der Waals surface area (Å²) in [7, 11) is 0. The molecule has 1 unspecified atom stereocenters. The first-order chi connectivity index (χ1) is 10.2. The summed E-state index contributed by atoms with van der Waals surface area (Å²) >= 11 is 0. The molecule has 21 heavy (non-hydrogen) atoms. The lowest BCUT2D eigenvalue weighted by molar-refractivity contribution is -0.164. The van der Waals surface area contributed by atoms with Crippen molar-refractivity contribution in [2.45, 2.75) is 75.9 Å². The van der Waals surface area contributed by atoms with Gasteiger partial charge in [-0.2, -0.15) is 0 Å². The van der Waals surface area contributed by atoms with Crippen molar-refractivity contribution in [3.05, 3.63) is 0 Å². The van der Waals surface area contributed by atoms with E-state index in [1.165, 1.54) is 6.42 Å². The number of amides is 1. The second kappa shape index (κ2) is 6.25. The van der Waals surface area contributed by atoms with E-state index in [9.17, 15) is 15.0 Å². The second-order valence-corrected chi connectivity index (χ2v) is 7.43. The third-order valence-corrected chi connectivity index (χ3v) is 6.28. The zero-order chi connectivity index (χ0) is 14.9. The molecule has 4 nitrogen and oxygen atoms in total. The van der Waals surface area contributed by atoms with Gasteiger partial charge in [0.1, 0.15) is 6.10 Å². The lowest BCUT2D eigenvalue weighted by atomic mass is 9.69. The van der Waals surface area contributed by atoms with Crippen molar-refractivity contribution >= 4 is 5.91 Å². The van der Waals surface area contributed by atoms with Crippen LogP contribution >= 0.6 is 0 Å². The fraction of sp³-hybridized carbons (Fsp3) is 0.941. The van der Waals surface area contributed by atoms with Gasteiger partial charge in [0.05, 0.1) is 0 Å². The van der Waals surface area contributed by atoms with Gasteiger partial charge in [0.25, 0.3) is 5.91 Å². The highest BCUT2D eigenvalue weighted by Gasteiger charge is 2.50. The molecule has 3 rings (SSSR count). The molecule has 120 valence electrons. The molecule has 4 heteroatoms. The molecule has 2 aliphatic carbocycles. The number of carbonyl (C=O) groups is 1. The van der Waals surface area contributed by atoms with Gasteiger partial charge in [-0.3, -0.25) is 4.79 Å². The summed E-state index contributed by atoms with van der Waals surface area (Å²) in [4.78, 5) is 14.6. The number of nitrogens with zero attached hydrogens (tertiary/aromatic N) is 1. The maximum atomic E-state index is 12.7. The molecule has 1 spiro atoms. The number of rotatable bonds is 3. The predicted octanol–water partition coefficient (Wildman–Crippen LogP) is 2.08. The van der Waals surface area contributed by atoms with Crippen LogP contribution in [0.25, 0.3) is 0 Å². The summed E-state index contributed by atoms with van der Waals surface area (Å²) in [6.07, 6.45) is 9.87. The predicted molar refractivity (Wildman–Crippen MR) is 80.7 cm³/mol. The first kappa shape index (κ1) is 15.3. The molecule has 0 aromatic rings. The summed E-state index contributed by atoms with van der Waals surface area (Å²) in [5.41, 5.74) is 0.0123. The molecular weight excluding hydrogens is 266 g/mol. The quantitative estimate of drug-likeness (QED) is 0.838. The molecule has 0 radical (unpaired) electrons. The van der Waals surface area contributed by atoms with Gasteiger partial charge in [-0.15, -0.1) is 0 Å². The molecule has 3 aliphatic rings. The topological polar surface area (TPSA) is 60.8 Å². The minimum absolute atomic E-state index is 0.0123. The molecule has 0 aromatic heterocycles. The van der Waals surface area contributed by atoms with Gasteiger partial charge in [-0.25, -0.2) is 0 Å². The van der Waals surface area contributed by atoms with Crippen LogP contribution in [-0.4, -0.2) is 45.8 Å². The maximum Gasteiger partial charge on any atom is 0.252 e. The molecule has 2 N–H and O–H groups in total. The Balaban J connectivity index is 1.59. The van der Waals surface area contributed by atoms with Gasteiger partial charge in [-0.1, -0.05) is 19.3 Å². The van der Waals surface area contributed by atoms with E-state index in [0.29, 0.717) is 5.92 Å². The monoisotopic (exact) mass is 295 g/mol. The second-order valence-electron chi connectivity index (χ2n) is 7.43. The fourth-order valence-corrected chi connectivity index (χ4v) is 4.61. The van der Waals surface area contributed by atoms with E-state index >= 15 is 0 Å². The van der Waals surface area contributed by atoms with E-state index < -0.39 is 6.10 Å². The molecule has 1 atom stereocenters. The summed E-state index contributed by atoms with van der Waals surface area (Å²) in [6, 6.07) is 0. The standard InChI is InChI=1S/C17H29NO3/c19-12-13-6-8-17(9-7-13)10-11-18(17)16(21)15(20)14-4-2-1-3-5-14/h13-15,19-20H,1-12H2. The van der Waals surface area contributed by atoms with Gasteiger partial charge < -0.3 is 15.1 Å². The van der Waals surface area contributed by atoms with E-state index in [4.69, 9.17) is 0 Å². The third kappa shape index (κ3) is 2.85. The van der Waals surface area contributed by atoms with Crippen LogP contribution in [0, 0.1) is 11.8 Å². The molecule has 0 bridgehead atoms. The Hall–Kier alpha value is -0.610. The van der Waals surface area contributed by atoms with E-state index in [2.05, 4.69) is 0 Å². The summed E-state index contributed by atoms with van der Waals surface area (Å²) in [6.45, 7) is 1.08. The van der Waals surface area contributed by atoms with Gasteiger partial charge in [0, 0.05) is 18.7 Å². The van der Waals surface area contributed by atoms with Crippen LogP contribution in [0.15, 0.2) is 0 Å². The molecule has 1 saturated heterocycles. The SMILES string of the molecule is O=C(C(O)C1CCCCC1)N1CCC12CCC(CO)CC2. The van der Waals surface area contributed by atoms with Crippen LogP contribution in [0.1, 0.15) is 64.2 Å². The Morgan fingerprint density at radius 1 is 1.10 bits per heavy atom. The molecule has 2 saturated carbocycles. The van der Waals surface area contributed by atoms with Crippen molar-refractivity contribution in [1.82, 2.24) is 4.90 Å². The molecular formula is C17H29NO3. The normalized spacial score (nSPS) is 35.5.